The van der Waals surface area contributed by atoms with E-state index in [1.807, 2.05) is 24.7 Å². The summed E-state index contributed by atoms with van der Waals surface area (Å²) < 4.78 is 0. The fourth-order valence-corrected chi connectivity index (χ4v) is 4.53. The maximum atomic E-state index is 4.58. The highest BCUT2D eigenvalue weighted by molar-refractivity contribution is 7.18. The monoisotopic (exact) mass is 428 g/mol. The van der Waals surface area contributed by atoms with Gasteiger partial charge in [-0.25, -0.2) is 9.97 Å². The summed E-state index contributed by atoms with van der Waals surface area (Å²) in [5, 5.41) is 4.22. The predicted octanol–water partition coefficient (Wildman–Crippen LogP) is 4.76. The molecule has 3 aromatic heterocycles. The van der Waals surface area contributed by atoms with Gasteiger partial charge in [0.25, 0.3) is 0 Å². The Morgan fingerprint density at radius 3 is 2.52 bits per heavy atom. The van der Waals surface area contributed by atoms with E-state index in [1.165, 1.54) is 5.69 Å². The zero-order valence-corrected chi connectivity index (χ0v) is 18.2. The average Bonchev–Trinajstić information content (AvgIpc) is 3.29. The van der Waals surface area contributed by atoms with Crippen molar-refractivity contribution in [3.05, 3.63) is 73.3 Å². The van der Waals surface area contributed by atoms with E-state index in [2.05, 4.69) is 79.6 Å². The Balaban J connectivity index is 1.32. The molecule has 7 heteroatoms. The van der Waals surface area contributed by atoms with Crippen molar-refractivity contribution in [2.45, 2.75) is 0 Å². The molecular formula is C24H24N6S. The summed E-state index contributed by atoms with van der Waals surface area (Å²) in [6.45, 7) is 4.24. The summed E-state index contributed by atoms with van der Waals surface area (Å²) >= 11 is 1.63. The first-order valence-electron chi connectivity index (χ1n) is 10.4. The molecule has 0 spiro atoms. The summed E-state index contributed by atoms with van der Waals surface area (Å²) in [6.07, 6.45) is 7.46. The molecule has 31 heavy (non-hydrogen) atoms. The van der Waals surface area contributed by atoms with Gasteiger partial charge in [0.05, 0.1) is 4.88 Å². The standard InChI is InChI=1S/C24H24N6S/c1-29-10-12-30(13-11-29)21-7-9-26-23(15-21)28-24-27-17-22(31-24)19-5-2-4-18(14-19)20-6-3-8-25-16-20/h2-9,14-17H,10-13H2,1H3,(H,26,27,28). The molecule has 5 rings (SSSR count). The van der Waals surface area contributed by atoms with Crippen LogP contribution >= 0.6 is 11.3 Å². The van der Waals surface area contributed by atoms with Crippen LogP contribution in [-0.2, 0) is 0 Å². The lowest BCUT2D eigenvalue weighted by Crippen LogP contribution is -2.44. The van der Waals surface area contributed by atoms with Gasteiger partial charge in [-0.15, -0.1) is 0 Å². The minimum absolute atomic E-state index is 0.821. The van der Waals surface area contributed by atoms with Gasteiger partial charge in [0.2, 0.25) is 0 Å². The van der Waals surface area contributed by atoms with E-state index >= 15 is 0 Å². The molecular weight excluding hydrogens is 404 g/mol. The van der Waals surface area contributed by atoms with Gasteiger partial charge in [-0.1, -0.05) is 35.6 Å². The molecule has 1 aromatic carbocycles. The van der Waals surface area contributed by atoms with E-state index in [0.29, 0.717) is 0 Å². The molecule has 0 unspecified atom stereocenters. The fraction of sp³-hybridized carbons (Fsp3) is 0.208. The van der Waals surface area contributed by atoms with Crippen molar-refractivity contribution < 1.29 is 0 Å². The van der Waals surface area contributed by atoms with Crippen LogP contribution in [0.25, 0.3) is 21.6 Å². The minimum atomic E-state index is 0.821. The topological polar surface area (TPSA) is 57.2 Å². The van der Waals surface area contributed by atoms with Crippen LogP contribution in [0.4, 0.5) is 16.6 Å². The largest absolute Gasteiger partial charge is 0.369 e. The fourth-order valence-electron chi connectivity index (χ4n) is 3.71. The number of nitrogens with one attached hydrogen (secondary N) is 1. The van der Waals surface area contributed by atoms with Gasteiger partial charge in [0.1, 0.15) is 5.82 Å². The summed E-state index contributed by atoms with van der Waals surface area (Å²) in [7, 11) is 2.17. The number of pyridine rings is 2. The lowest BCUT2D eigenvalue weighted by Gasteiger charge is -2.34. The van der Waals surface area contributed by atoms with E-state index in [1.54, 1.807) is 17.5 Å². The van der Waals surface area contributed by atoms with E-state index in [9.17, 15) is 0 Å². The van der Waals surface area contributed by atoms with Gasteiger partial charge in [-0.2, -0.15) is 0 Å². The van der Waals surface area contributed by atoms with Crippen LogP contribution in [0.3, 0.4) is 0 Å². The highest BCUT2D eigenvalue weighted by atomic mass is 32.1. The number of rotatable bonds is 5. The lowest BCUT2D eigenvalue weighted by molar-refractivity contribution is 0.313. The summed E-state index contributed by atoms with van der Waals surface area (Å²) in [5.74, 6) is 0.821. The van der Waals surface area contributed by atoms with Crippen LogP contribution in [0, 0.1) is 0 Å². The molecule has 1 aliphatic rings. The quantitative estimate of drug-likeness (QED) is 0.494. The number of hydrogen-bond acceptors (Lipinski definition) is 7. The maximum absolute atomic E-state index is 4.58. The molecule has 1 saturated heterocycles. The van der Waals surface area contributed by atoms with Crippen molar-refractivity contribution >= 4 is 28.0 Å². The van der Waals surface area contributed by atoms with Crippen LogP contribution in [-0.4, -0.2) is 53.1 Å². The summed E-state index contributed by atoms with van der Waals surface area (Å²) in [5.41, 5.74) is 4.60. The SMILES string of the molecule is CN1CCN(c2ccnc(Nc3ncc(-c4cccc(-c5cccnc5)c4)s3)c2)CC1. The van der Waals surface area contributed by atoms with Crippen LogP contribution < -0.4 is 10.2 Å². The molecule has 4 aromatic rings. The number of benzene rings is 1. The van der Waals surface area contributed by atoms with Crippen molar-refractivity contribution in [3.8, 4) is 21.6 Å². The van der Waals surface area contributed by atoms with Crippen LogP contribution in [0.5, 0.6) is 0 Å². The lowest BCUT2D eigenvalue weighted by atomic mass is 10.0. The second-order valence-corrected chi connectivity index (χ2v) is 8.70. The minimum Gasteiger partial charge on any atom is -0.369 e. The van der Waals surface area contributed by atoms with Gasteiger partial charge in [-0.05, 0) is 36.4 Å². The summed E-state index contributed by atoms with van der Waals surface area (Å²) in [6, 6.07) is 16.7. The van der Waals surface area contributed by atoms with Crippen molar-refractivity contribution in [3.63, 3.8) is 0 Å². The smallest absolute Gasteiger partial charge is 0.188 e. The number of hydrogen-bond donors (Lipinski definition) is 1. The van der Waals surface area contributed by atoms with E-state index < -0.39 is 0 Å². The Morgan fingerprint density at radius 1 is 0.839 bits per heavy atom. The highest BCUT2D eigenvalue weighted by Gasteiger charge is 2.15. The van der Waals surface area contributed by atoms with E-state index in [4.69, 9.17) is 0 Å². The zero-order chi connectivity index (χ0) is 21.0. The second kappa shape index (κ2) is 8.83. The van der Waals surface area contributed by atoms with Crippen molar-refractivity contribution in [2.75, 3.05) is 43.4 Å². The number of nitrogens with zero attached hydrogens (tertiary/aromatic N) is 5. The highest BCUT2D eigenvalue weighted by Crippen LogP contribution is 2.33. The third-order valence-corrected chi connectivity index (χ3v) is 6.46. The normalized spacial score (nSPS) is 14.5. The zero-order valence-electron chi connectivity index (χ0n) is 17.4. The number of thiazole rings is 1. The number of piperazine rings is 1. The molecule has 1 N–H and O–H groups in total. The molecule has 0 saturated carbocycles. The first kappa shape index (κ1) is 19.7. The van der Waals surface area contributed by atoms with Gasteiger partial charge in [0, 0.05) is 68.3 Å². The number of aromatic nitrogens is 3. The Hall–Kier alpha value is -3.29. The molecule has 6 nitrogen and oxygen atoms in total. The van der Waals surface area contributed by atoms with Gasteiger partial charge in [0.15, 0.2) is 5.13 Å². The Kier molecular flexibility index (Phi) is 5.60. The third kappa shape index (κ3) is 4.57. The van der Waals surface area contributed by atoms with E-state index in [0.717, 1.165) is 58.7 Å². The molecule has 0 radical (unpaired) electrons. The van der Waals surface area contributed by atoms with Crippen molar-refractivity contribution in [1.82, 2.24) is 19.9 Å². The Morgan fingerprint density at radius 2 is 1.68 bits per heavy atom. The predicted molar refractivity (Wildman–Crippen MR) is 128 cm³/mol. The van der Waals surface area contributed by atoms with Crippen LogP contribution in [0.2, 0.25) is 0 Å². The molecule has 1 aliphatic heterocycles. The average molecular weight is 429 g/mol. The first-order valence-corrected chi connectivity index (χ1v) is 11.2. The third-order valence-electron chi connectivity index (χ3n) is 5.49. The second-order valence-electron chi connectivity index (χ2n) is 7.67. The molecule has 0 amide bonds. The van der Waals surface area contributed by atoms with Gasteiger partial charge >= 0.3 is 0 Å². The molecule has 4 heterocycles. The molecule has 1 fully saturated rings. The molecule has 0 atom stereocenters. The number of anilines is 3. The molecule has 156 valence electrons. The van der Waals surface area contributed by atoms with Crippen molar-refractivity contribution in [2.24, 2.45) is 0 Å². The maximum Gasteiger partial charge on any atom is 0.188 e. The van der Waals surface area contributed by atoms with Crippen molar-refractivity contribution in [1.29, 1.82) is 0 Å². The van der Waals surface area contributed by atoms with Crippen LogP contribution in [0.15, 0.2) is 73.3 Å². The van der Waals surface area contributed by atoms with Gasteiger partial charge in [-0.3, -0.25) is 4.98 Å². The number of likely N-dealkylation sites (N-methyl/N-ethyl adjacent to an activating group) is 1. The molecule has 0 bridgehead atoms. The Labute approximate surface area is 186 Å². The molecule has 0 aliphatic carbocycles. The first-order chi connectivity index (χ1) is 15.2. The van der Waals surface area contributed by atoms with E-state index in [-0.39, 0.29) is 0 Å². The summed E-state index contributed by atoms with van der Waals surface area (Å²) in [4.78, 5) is 19.2. The Bertz CT molecular complexity index is 1150. The van der Waals surface area contributed by atoms with Crippen LogP contribution in [0.1, 0.15) is 0 Å². The van der Waals surface area contributed by atoms with Gasteiger partial charge < -0.3 is 15.1 Å².